The molecule has 0 saturated carbocycles. The molecule has 2 rings (SSSR count). The van der Waals surface area contributed by atoms with E-state index in [1.165, 1.54) is 19.4 Å². The van der Waals surface area contributed by atoms with Crippen LogP contribution in [0.5, 0.6) is 0 Å². The maximum absolute atomic E-state index is 6.30. The molecule has 5 heteroatoms. The van der Waals surface area contributed by atoms with E-state index in [0.29, 0.717) is 10.0 Å². The van der Waals surface area contributed by atoms with Crippen molar-refractivity contribution in [2.75, 3.05) is 50.7 Å². The highest BCUT2D eigenvalue weighted by molar-refractivity contribution is 6.43. The Labute approximate surface area is 138 Å². The van der Waals surface area contributed by atoms with Crippen LogP contribution < -0.4 is 10.2 Å². The van der Waals surface area contributed by atoms with E-state index < -0.39 is 0 Å². The van der Waals surface area contributed by atoms with Crippen LogP contribution in [0, 0.1) is 0 Å². The second-order valence-electron chi connectivity index (χ2n) is 5.51. The maximum atomic E-state index is 6.30. The lowest BCUT2D eigenvalue weighted by Gasteiger charge is -2.36. The van der Waals surface area contributed by atoms with Crippen molar-refractivity contribution in [3.05, 3.63) is 28.2 Å². The van der Waals surface area contributed by atoms with Gasteiger partial charge in [0.2, 0.25) is 0 Å². The smallest absolute Gasteiger partial charge is 0.0825 e. The topological polar surface area (TPSA) is 18.5 Å². The van der Waals surface area contributed by atoms with E-state index in [9.17, 15) is 0 Å². The average molecular weight is 330 g/mol. The summed E-state index contributed by atoms with van der Waals surface area (Å²) in [6, 6.07) is 5.86. The van der Waals surface area contributed by atoms with Crippen LogP contribution in [-0.2, 0) is 0 Å². The van der Waals surface area contributed by atoms with Crippen molar-refractivity contribution >= 4 is 28.9 Å². The van der Waals surface area contributed by atoms with Gasteiger partial charge >= 0.3 is 0 Å². The average Bonchev–Trinajstić information content (AvgIpc) is 2.51. The maximum Gasteiger partial charge on any atom is 0.0825 e. The summed E-state index contributed by atoms with van der Waals surface area (Å²) in [5.41, 5.74) is 1.06. The predicted molar refractivity (Wildman–Crippen MR) is 92.9 cm³/mol. The summed E-state index contributed by atoms with van der Waals surface area (Å²) in [6.45, 7) is 9.84. The number of hydrogen-bond acceptors (Lipinski definition) is 3. The summed E-state index contributed by atoms with van der Waals surface area (Å²) in [6.07, 6.45) is 2.43. The highest BCUT2D eigenvalue weighted by Crippen LogP contribution is 2.32. The zero-order chi connectivity index (χ0) is 15.1. The SMILES string of the molecule is CCCNCCCN1CCN(c2cccc(Cl)c2Cl)CC1. The molecule has 1 aliphatic rings. The minimum Gasteiger partial charge on any atom is -0.368 e. The van der Waals surface area contributed by atoms with Gasteiger partial charge in [0.05, 0.1) is 15.7 Å². The van der Waals surface area contributed by atoms with Crippen LogP contribution >= 0.6 is 23.2 Å². The Balaban J connectivity index is 1.74. The summed E-state index contributed by atoms with van der Waals surface area (Å²) in [5, 5.41) is 4.77. The van der Waals surface area contributed by atoms with Crippen LogP contribution in [0.1, 0.15) is 19.8 Å². The molecule has 0 radical (unpaired) electrons. The summed E-state index contributed by atoms with van der Waals surface area (Å²) >= 11 is 12.4. The Kier molecular flexibility index (Phi) is 7.11. The standard InChI is InChI=1S/C16H25Cl2N3/c1-2-7-19-8-4-9-20-10-12-21(13-11-20)15-6-3-5-14(17)16(15)18/h3,5-6,19H,2,4,7-13H2,1H3. The first-order chi connectivity index (χ1) is 10.2. The Bertz CT molecular complexity index is 432. The first kappa shape index (κ1) is 16.9. The molecule has 0 bridgehead atoms. The van der Waals surface area contributed by atoms with E-state index in [2.05, 4.69) is 28.1 Å². The van der Waals surface area contributed by atoms with E-state index in [1.54, 1.807) is 0 Å². The molecule has 3 nitrogen and oxygen atoms in total. The lowest BCUT2D eigenvalue weighted by Crippen LogP contribution is -2.47. The lowest BCUT2D eigenvalue weighted by atomic mass is 10.2. The number of benzene rings is 1. The van der Waals surface area contributed by atoms with Crippen LogP contribution in [0.3, 0.4) is 0 Å². The molecule has 118 valence electrons. The molecule has 1 heterocycles. The van der Waals surface area contributed by atoms with Crippen molar-refractivity contribution in [1.82, 2.24) is 10.2 Å². The molecule has 0 unspecified atom stereocenters. The molecule has 1 fully saturated rings. The molecule has 1 aromatic rings. The summed E-state index contributed by atoms with van der Waals surface area (Å²) in [7, 11) is 0. The van der Waals surface area contributed by atoms with Crippen LogP contribution in [0.15, 0.2) is 18.2 Å². The van der Waals surface area contributed by atoms with Crippen molar-refractivity contribution in [2.45, 2.75) is 19.8 Å². The van der Waals surface area contributed by atoms with E-state index in [1.807, 2.05) is 12.1 Å². The molecule has 0 amide bonds. The Morgan fingerprint density at radius 1 is 1.10 bits per heavy atom. The monoisotopic (exact) mass is 329 g/mol. The molecule has 21 heavy (non-hydrogen) atoms. The molecular formula is C16H25Cl2N3. The zero-order valence-corrected chi connectivity index (χ0v) is 14.3. The second-order valence-corrected chi connectivity index (χ2v) is 6.29. The van der Waals surface area contributed by atoms with E-state index in [4.69, 9.17) is 23.2 Å². The van der Waals surface area contributed by atoms with Gasteiger partial charge in [0.1, 0.15) is 0 Å². The summed E-state index contributed by atoms with van der Waals surface area (Å²) in [5.74, 6) is 0. The molecule has 1 N–H and O–H groups in total. The van der Waals surface area contributed by atoms with Crippen LogP contribution in [0.25, 0.3) is 0 Å². The number of rotatable bonds is 7. The number of anilines is 1. The highest BCUT2D eigenvalue weighted by Gasteiger charge is 2.19. The van der Waals surface area contributed by atoms with E-state index in [0.717, 1.165) is 45.0 Å². The van der Waals surface area contributed by atoms with Crippen LogP contribution in [0.4, 0.5) is 5.69 Å². The second kappa shape index (κ2) is 8.84. The zero-order valence-electron chi connectivity index (χ0n) is 12.7. The fourth-order valence-corrected chi connectivity index (χ4v) is 3.09. The van der Waals surface area contributed by atoms with Gasteiger partial charge in [0, 0.05) is 26.2 Å². The van der Waals surface area contributed by atoms with Crippen LogP contribution in [-0.4, -0.2) is 50.7 Å². The Morgan fingerprint density at radius 2 is 1.86 bits per heavy atom. The fraction of sp³-hybridized carbons (Fsp3) is 0.625. The molecular weight excluding hydrogens is 305 g/mol. The molecule has 1 saturated heterocycles. The normalized spacial score (nSPS) is 16.4. The van der Waals surface area contributed by atoms with Gasteiger partial charge in [-0.25, -0.2) is 0 Å². The van der Waals surface area contributed by atoms with Crippen molar-refractivity contribution in [1.29, 1.82) is 0 Å². The molecule has 1 aliphatic heterocycles. The number of halogens is 2. The number of nitrogens with zero attached hydrogens (tertiary/aromatic N) is 2. The Morgan fingerprint density at radius 3 is 2.57 bits per heavy atom. The van der Waals surface area contributed by atoms with Crippen LogP contribution in [0.2, 0.25) is 10.0 Å². The van der Waals surface area contributed by atoms with Gasteiger partial charge in [-0.05, 0) is 44.6 Å². The van der Waals surface area contributed by atoms with Gasteiger partial charge in [0.15, 0.2) is 0 Å². The summed E-state index contributed by atoms with van der Waals surface area (Å²) in [4.78, 5) is 4.86. The third-order valence-corrected chi connectivity index (χ3v) is 4.71. The summed E-state index contributed by atoms with van der Waals surface area (Å²) < 4.78 is 0. The van der Waals surface area contributed by atoms with Crippen molar-refractivity contribution in [3.8, 4) is 0 Å². The van der Waals surface area contributed by atoms with Gasteiger partial charge in [-0.3, -0.25) is 4.90 Å². The predicted octanol–water partition coefficient (Wildman–Crippen LogP) is 3.51. The highest BCUT2D eigenvalue weighted by atomic mass is 35.5. The molecule has 0 aliphatic carbocycles. The molecule has 0 aromatic heterocycles. The van der Waals surface area contributed by atoms with Gasteiger partial charge < -0.3 is 10.2 Å². The Hall–Kier alpha value is -0.480. The third-order valence-electron chi connectivity index (χ3n) is 3.90. The molecule has 0 atom stereocenters. The van der Waals surface area contributed by atoms with Gasteiger partial charge in [0.25, 0.3) is 0 Å². The molecule has 1 aromatic carbocycles. The van der Waals surface area contributed by atoms with Crippen molar-refractivity contribution in [3.63, 3.8) is 0 Å². The number of hydrogen-bond donors (Lipinski definition) is 1. The van der Waals surface area contributed by atoms with Gasteiger partial charge in [-0.2, -0.15) is 0 Å². The van der Waals surface area contributed by atoms with Gasteiger partial charge in [-0.15, -0.1) is 0 Å². The van der Waals surface area contributed by atoms with Crippen molar-refractivity contribution < 1.29 is 0 Å². The first-order valence-corrected chi connectivity index (χ1v) is 8.60. The third kappa shape index (κ3) is 5.03. The molecule has 0 spiro atoms. The largest absolute Gasteiger partial charge is 0.368 e. The van der Waals surface area contributed by atoms with E-state index in [-0.39, 0.29) is 0 Å². The number of nitrogens with one attached hydrogen (secondary N) is 1. The minimum atomic E-state index is 0.638. The lowest BCUT2D eigenvalue weighted by molar-refractivity contribution is 0.254. The fourth-order valence-electron chi connectivity index (χ4n) is 2.68. The van der Waals surface area contributed by atoms with E-state index >= 15 is 0 Å². The number of piperazine rings is 1. The van der Waals surface area contributed by atoms with Crippen molar-refractivity contribution in [2.24, 2.45) is 0 Å². The van der Waals surface area contributed by atoms with Gasteiger partial charge in [-0.1, -0.05) is 36.2 Å². The quantitative estimate of drug-likeness (QED) is 0.772. The minimum absolute atomic E-state index is 0.638. The first-order valence-electron chi connectivity index (χ1n) is 7.84.